The average molecular weight is 404 g/mol. The van der Waals surface area contributed by atoms with Crippen molar-refractivity contribution in [1.29, 1.82) is 5.41 Å². The number of ketones is 1. The molecular weight excluding hydrogens is 385 g/mol. The zero-order valence-electron chi connectivity index (χ0n) is 13.6. The van der Waals surface area contributed by atoms with Crippen LogP contribution in [0.2, 0.25) is 0 Å². The lowest BCUT2D eigenvalue weighted by atomic mass is 9.91. The van der Waals surface area contributed by atoms with Gasteiger partial charge in [0.05, 0.1) is 4.47 Å². The quantitative estimate of drug-likeness (QED) is 0.584. The number of piperidine rings is 1. The van der Waals surface area contributed by atoms with E-state index in [1.807, 2.05) is 18.2 Å². The third-order valence-corrected chi connectivity index (χ3v) is 5.03. The summed E-state index contributed by atoms with van der Waals surface area (Å²) in [5.74, 6) is -0.856. The van der Waals surface area contributed by atoms with E-state index < -0.39 is 0 Å². The molecule has 0 aliphatic carbocycles. The van der Waals surface area contributed by atoms with Gasteiger partial charge in [-0.1, -0.05) is 18.2 Å². The molecule has 0 amide bonds. The van der Waals surface area contributed by atoms with E-state index in [4.69, 9.17) is 5.41 Å². The highest BCUT2D eigenvalue weighted by Gasteiger charge is 2.27. The number of hydrogen-bond donors (Lipinski definition) is 2. The Bertz CT molecular complexity index is 773. The SMILES string of the molecule is N=C(Nc1ccc(F)c(Br)c1)C(=O)C1CCN(c2ccccc2)CC1. The minimum absolute atomic E-state index is 0.142. The van der Waals surface area contributed by atoms with E-state index in [1.165, 1.54) is 18.2 Å². The molecule has 1 aliphatic heterocycles. The van der Waals surface area contributed by atoms with Crippen molar-refractivity contribution in [3.63, 3.8) is 0 Å². The van der Waals surface area contributed by atoms with Gasteiger partial charge in [0.2, 0.25) is 5.78 Å². The number of amidine groups is 1. The van der Waals surface area contributed by atoms with Crippen molar-refractivity contribution in [2.45, 2.75) is 12.8 Å². The fraction of sp³-hybridized carbons (Fsp3) is 0.263. The number of rotatable bonds is 4. The molecule has 130 valence electrons. The minimum Gasteiger partial charge on any atom is -0.371 e. The van der Waals surface area contributed by atoms with Crippen molar-refractivity contribution in [2.75, 3.05) is 23.3 Å². The summed E-state index contributed by atoms with van der Waals surface area (Å²) in [7, 11) is 0. The number of nitrogens with one attached hydrogen (secondary N) is 2. The van der Waals surface area contributed by atoms with Crippen LogP contribution in [0.25, 0.3) is 0 Å². The topological polar surface area (TPSA) is 56.2 Å². The predicted molar refractivity (Wildman–Crippen MR) is 102 cm³/mol. The number of para-hydroxylation sites is 1. The highest BCUT2D eigenvalue weighted by atomic mass is 79.9. The molecule has 1 heterocycles. The van der Waals surface area contributed by atoms with Gasteiger partial charge in [0.15, 0.2) is 5.84 Å². The lowest BCUT2D eigenvalue weighted by Gasteiger charge is -2.33. The van der Waals surface area contributed by atoms with E-state index in [-0.39, 0.29) is 23.4 Å². The second kappa shape index (κ2) is 7.78. The van der Waals surface area contributed by atoms with Crippen LogP contribution in [0.4, 0.5) is 15.8 Å². The Morgan fingerprint density at radius 3 is 2.48 bits per heavy atom. The van der Waals surface area contributed by atoms with Crippen LogP contribution in [0, 0.1) is 17.1 Å². The van der Waals surface area contributed by atoms with Gasteiger partial charge >= 0.3 is 0 Å². The molecule has 0 bridgehead atoms. The van der Waals surface area contributed by atoms with Crippen molar-refractivity contribution < 1.29 is 9.18 Å². The molecule has 0 spiro atoms. The van der Waals surface area contributed by atoms with E-state index >= 15 is 0 Å². The van der Waals surface area contributed by atoms with Gasteiger partial charge in [0.25, 0.3) is 0 Å². The Kier molecular flexibility index (Phi) is 5.48. The number of Topliss-reactive ketones (excluding diaryl/α,β-unsaturated/α-hetero) is 1. The van der Waals surface area contributed by atoms with Crippen molar-refractivity contribution in [1.82, 2.24) is 0 Å². The van der Waals surface area contributed by atoms with Crippen LogP contribution in [-0.4, -0.2) is 24.7 Å². The zero-order valence-corrected chi connectivity index (χ0v) is 15.2. The van der Waals surface area contributed by atoms with Crippen LogP contribution < -0.4 is 10.2 Å². The molecule has 0 aromatic heterocycles. The molecule has 6 heteroatoms. The number of hydrogen-bond acceptors (Lipinski definition) is 3. The van der Waals surface area contributed by atoms with Crippen molar-refractivity contribution >= 4 is 38.9 Å². The summed E-state index contributed by atoms with van der Waals surface area (Å²) in [6.07, 6.45) is 1.45. The van der Waals surface area contributed by atoms with Gasteiger partial charge in [-0.05, 0) is 59.1 Å². The van der Waals surface area contributed by atoms with Crippen LogP contribution in [0.15, 0.2) is 53.0 Å². The van der Waals surface area contributed by atoms with Gasteiger partial charge < -0.3 is 10.2 Å². The fourth-order valence-electron chi connectivity index (χ4n) is 3.02. The highest BCUT2D eigenvalue weighted by Crippen LogP contribution is 2.25. The molecule has 0 unspecified atom stereocenters. The molecule has 1 fully saturated rings. The zero-order chi connectivity index (χ0) is 17.8. The number of nitrogens with zero attached hydrogens (tertiary/aromatic N) is 1. The summed E-state index contributed by atoms with van der Waals surface area (Å²) in [4.78, 5) is 14.8. The van der Waals surface area contributed by atoms with Crippen molar-refractivity contribution in [3.05, 3.63) is 58.8 Å². The van der Waals surface area contributed by atoms with Gasteiger partial charge in [-0.15, -0.1) is 0 Å². The molecule has 0 saturated carbocycles. The Labute approximate surface area is 154 Å². The summed E-state index contributed by atoms with van der Waals surface area (Å²) >= 11 is 3.10. The lowest BCUT2D eigenvalue weighted by molar-refractivity contribution is -0.117. The number of anilines is 2. The second-order valence-corrected chi connectivity index (χ2v) is 6.94. The van der Waals surface area contributed by atoms with E-state index in [1.54, 1.807) is 0 Å². The summed E-state index contributed by atoms with van der Waals surface area (Å²) in [5.41, 5.74) is 1.69. The highest BCUT2D eigenvalue weighted by molar-refractivity contribution is 9.10. The number of benzene rings is 2. The molecule has 0 radical (unpaired) electrons. The summed E-state index contributed by atoms with van der Waals surface area (Å²) < 4.78 is 13.6. The molecule has 1 saturated heterocycles. The summed E-state index contributed by atoms with van der Waals surface area (Å²) in [5, 5.41) is 10.8. The maximum Gasteiger partial charge on any atom is 0.200 e. The maximum atomic E-state index is 13.3. The Morgan fingerprint density at radius 2 is 1.84 bits per heavy atom. The average Bonchev–Trinajstić information content (AvgIpc) is 2.65. The lowest BCUT2D eigenvalue weighted by Crippen LogP contribution is -2.39. The summed E-state index contributed by atoms with van der Waals surface area (Å²) in [6.45, 7) is 1.60. The first-order chi connectivity index (χ1) is 12.0. The Hall–Kier alpha value is -2.21. The van der Waals surface area contributed by atoms with Gasteiger partial charge in [-0.2, -0.15) is 0 Å². The molecule has 2 N–H and O–H groups in total. The normalized spacial score (nSPS) is 15.0. The molecule has 25 heavy (non-hydrogen) atoms. The smallest absolute Gasteiger partial charge is 0.200 e. The van der Waals surface area contributed by atoms with Crippen LogP contribution in [0.3, 0.4) is 0 Å². The first-order valence-corrected chi connectivity index (χ1v) is 8.99. The van der Waals surface area contributed by atoms with Crippen LogP contribution in [-0.2, 0) is 4.79 Å². The van der Waals surface area contributed by atoms with Crippen LogP contribution in [0.5, 0.6) is 0 Å². The number of halogens is 2. The van der Waals surface area contributed by atoms with Crippen LogP contribution in [0.1, 0.15) is 12.8 Å². The Balaban J connectivity index is 1.56. The van der Waals surface area contributed by atoms with E-state index in [0.29, 0.717) is 10.2 Å². The third-order valence-electron chi connectivity index (χ3n) is 4.42. The third kappa shape index (κ3) is 4.25. The molecular formula is C19H19BrFN3O. The maximum absolute atomic E-state index is 13.3. The Morgan fingerprint density at radius 1 is 1.16 bits per heavy atom. The fourth-order valence-corrected chi connectivity index (χ4v) is 3.40. The molecule has 2 aromatic carbocycles. The van der Waals surface area contributed by atoms with E-state index in [2.05, 4.69) is 38.3 Å². The molecule has 1 aliphatic rings. The monoisotopic (exact) mass is 403 g/mol. The van der Waals surface area contributed by atoms with E-state index in [0.717, 1.165) is 31.6 Å². The molecule has 3 rings (SSSR count). The van der Waals surface area contributed by atoms with Crippen molar-refractivity contribution in [3.8, 4) is 0 Å². The van der Waals surface area contributed by atoms with Gasteiger partial charge in [-0.25, -0.2) is 4.39 Å². The van der Waals surface area contributed by atoms with E-state index in [9.17, 15) is 9.18 Å². The van der Waals surface area contributed by atoms with Crippen LogP contribution >= 0.6 is 15.9 Å². The molecule has 0 atom stereocenters. The number of carbonyl (C=O) groups is 1. The largest absolute Gasteiger partial charge is 0.371 e. The van der Waals surface area contributed by atoms with Crippen molar-refractivity contribution in [2.24, 2.45) is 5.92 Å². The first kappa shape index (κ1) is 17.6. The van der Waals surface area contributed by atoms with Gasteiger partial charge in [0, 0.05) is 30.4 Å². The molecule has 4 nitrogen and oxygen atoms in total. The minimum atomic E-state index is -0.378. The predicted octanol–water partition coefficient (Wildman–Crippen LogP) is 4.46. The van der Waals surface area contributed by atoms with Gasteiger partial charge in [0.1, 0.15) is 5.82 Å². The first-order valence-electron chi connectivity index (χ1n) is 8.19. The standard InChI is InChI=1S/C19H19BrFN3O/c20-16-12-14(6-7-17(16)21)23-19(22)18(25)13-8-10-24(11-9-13)15-4-2-1-3-5-15/h1-7,12-13H,8-11H2,(H2,22,23). The number of carbonyl (C=O) groups excluding carboxylic acids is 1. The second-order valence-electron chi connectivity index (χ2n) is 6.09. The van der Waals surface area contributed by atoms with Gasteiger partial charge in [-0.3, -0.25) is 10.2 Å². The summed E-state index contributed by atoms with van der Waals surface area (Å²) in [6, 6.07) is 14.5. The molecule has 2 aromatic rings.